The SMILES string of the molecule is CCc1cc(Nc2ccc3c(c2)oc(=O)n3C)nc(-c2ccccn2)n1. The standard InChI is InChI=1S/C19H17N5O2/c1-3-12-11-17(23-18(22-12)14-6-4-5-9-20-14)21-13-7-8-15-16(10-13)26-19(25)24(15)2/h4-11H,3H2,1-2H3,(H,21,22,23). The smallest absolute Gasteiger partial charge is 0.408 e. The van der Waals surface area contributed by atoms with E-state index in [1.54, 1.807) is 19.3 Å². The third-order valence-electron chi connectivity index (χ3n) is 4.10. The molecule has 1 N–H and O–H groups in total. The summed E-state index contributed by atoms with van der Waals surface area (Å²) in [6, 6.07) is 13.0. The van der Waals surface area contributed by atoms with Crippen LogP contribution in [0.1, 0.15) is 12.6 Å². The van der Waals surface area contributed by atoms with E-state index >= 15 is 0 Å². The molecule has 0 aliphatic heterocycles. The third-order valence-corrected chi connectivity index (χ3v) is 4.10. The first kappa shape index (κ1) is 16.0. The summed E-state index contributed by atoms with van der Waals surface area (Å²) in [7, 11) is 1.68. The average molecular weight is 347 g/mol. The van der Waals surface area contributed by atoms with Crippen LogP contribution >= 0.6 is 0 Å². The van der Waals surface area contributed by atoms with Gasteiger partial charge < -0.3 is 9.73 Å². The molecule has 0 atom stereocenters. The number of rotatable bonds is 4. The van der Waals surface area contributed by atoms with Gasteiger partial charge in [-0.15, -0.1) is 0 Å². The number of oxazole rings is 1. The van der Waals surface area contributed by atoms with Crippen LogP contribution in [0.15, 0.2) is 57.9 Å². The molecule has 1 aromatic carbocycles. The molecule has 4 rings (SSSR count). The van der Waals surface area contributed by atoms with Crippen LogP contribution in [-0.2, 0) is 13.5 Å². The lowest BCUT2D eigenvalue weighted by molar-refractivity contribution is 0.528. The number of benzene rings is 1. The van der Waals surface area contributed by atoms with Crippen molar-refractivity contribution in [2.75, 3.05) is 5.32 Å². The summed E-state index contributed by atoms with van der Waals surface area (Å²) in [6.07, 6.45) is 2.50. The molecule has 26 heavy (non-hydrogen) atoms. The molecular formula is C19H17N5O2. The summed E-state index contributed by atoms with van der Waals surface area (Å²) in [5.41, 5.74) is 3.68. The molecule has 0 amide bonds. The van der Waals surface area contributed by atoms with Gasteiger partial charge in [-0.25, -0.2) is 14.8 Å². The number of hydrogen-bond acceptors (Lipinski definition) is 6. The number of nitrogens with zero attached hydrogens (tertiary/aromatic N) is 4. The highest BCUT2D eigenvalue weighted by molar-refractivity contribution is 5.78. The van der Waals surface area contributed by atoms with Crippen LogP contribution in [0.2, 0.25) is 0 Å². The van der Waals surface area contributed by atoms with Crippen molar-refractivity contribution in [2.45, 2.75) is 13.3 Å². The average Bonchev–Trinajstić information content (AvgIpc) is 2.95. The van der Waals surface area contributed by atoms with Gasteiger partial charge in [0.2, 0.25) is 0 Å². The van der Waals surface area contributed by atoms with E-state index in [-0.39, 0.29) is 5.76 Å². The van der Waals surface area contributed by atoms with Gasteiger partial charge in [-0.3, -0.25) is 9.55 Å². The van der Waals surface area contributed by atoms with Gasteiger partial charge in [-0.05, 0) is 30.7 Å². The van der Waals surface area contributed by atoms with Crippen LogP contribution in [0.25, 0.3) is 22.6 Å². The Hall–Kier alpha value is -3.48. The molecule has 0 unspecified atom stereocenters. The fourth-order valence-electron chi connectivity index (χ4n) is 2.71. The molecule has 7 nitrogen and oxygen atoms in total. The highest BCUT2D eigenvalue weighted by atomic mass is 16.4. The predicted molar refractivity (Wildman–Crippen MR) is 99.4 cm³/mol. The lowest BCUT2D eigenvalue weighted by atomic mass is 10.2. The Balaban J connectivity index is 1.72. The van der Waals surface area contributed by atoms with Crippen LogP contribution < -0.4 is 11.1 Å². The van der Waals surface area contributed by atoms with E-state index < -0.39 is 0 Å². The zero-order chi connectivity index (χ0) is 18.1. The summed E-state index contributed by atoms with van der Waals surface area (Å²) in [4.78, 5) is 25.1. The second-order valence-electron chi connectivity index (χ2n) is 5.87. The van der Waals surface area contributed by atoms with E-state index in [4.69, 9.17) is 4.42 Å². The Kier molecular flexibility index (Phi) is 3.96. The molecule has 0 saturated carbocycles. The minimum absolute atomic E-state index is 0.384. The zero-order valence-electron chi connectivity index (χ0n) is 14.4. The minimum Gasteiger partial charge on any atom is -0.408 e. The van der Waals surface area contributed by atoms with Gasteiger partial charge in [-0.1, -0.05) is 13.0 Å². The van der Waals surface area contributed by atoms with Crippen molar-refractivity contribution < 1.29 is 4.42 Å². The van der Waals surface area contributed by atoms with E-state index in [1.165, 1.54) is 4.57 Å². The second-order valence-corrected chi connectivity index (χ2v) is 5.87. The Morgan fingerprint density at radius 1 is 1.15 bits per heavy atom. The number of aryl methyl sites for hydroxylation is 2. The van der Waals surface area contributed by atoms with Gasteiger partial charge in [-0.2, -0.15) is 0 Å². The van der Waals surface area contributed by atoms with Gasteiger partial charge in [0.15, 0.2) is 11.4 Å². The Morgan fingerprint density at radius 2 is 2.04 bits per heavy atom. The summed E-state index contributed by atoms with van der Waals surface area (Å²) in [6.45, 7) is 2.04. The van der Waals surface area contributed by atoms with Crippen molar-refractivity contribution in [3.8, 4) is 11.5 Å². The van der Waals surface area contributed by atoms with E-state index in [9.17, 15) is 4.79 Å². The minimum atomic E-state index is -0.384. The highest BCUT2D eigenvalue weighted by Gasteiger charge is 2.10. The van der Waals surface area contributed by atoms with Crippen LogP contribution in [0.5, 0.6) is 0 Å². The Labute approximate surface area is 149 Å². The number of pyridine rings is 1. The molecule has 0 radical (unpaired) electrons. The van der Waals surface area contributed by atoms with Crippen molar-refractivity contribution in [3.63, 3.8) is 0 Å². The molecule has 4 aromatic rings. The molecule has 0 aliphatic rings. The van der Waals surface area contributed by atoms with Gasteiger partial charge in [0, 0.05) is 36.8 Å². The first-order valence-corrected chi connectivity index (χ1v) is 8.30. The molecule has 7 heteroatoms. The van der Waals surface area contributed by atoms with Crippen LogP contribution in [0.3, 0.4) is 0 Å². The van der Waals surface area contributed by atoms with E-state index in [0.717, 1.165) is 29.0 Å². The predicted octanol–water partition coefficient (Wildman–Crippen LogP) is 3.29. The maximum absolute atomic E-state index is 11.6. The maximum Gasteiger partial charge on any atom is 0.419 e. The first-order valence-electron chi connectivity index (χ1n) is 8.30. The van der Waals surface area contributed by atoms with Crippen molar-refractivity contribution in [1.29, 1.82) is 0 Å². The summed E-state index contributed by atoms with van der Waals surface area (Å²) in [5.74, 6) is 0.847. The molecule has 0 bridgehead atoms. The molecule has 0 spiro atoms. The van der Waals surface area contributed by atoms with Crippen molar-refractivity contribution in [1.82, 2.24) is 19.5 Å². The molecule has 0 aliphatic carbocycles. The lowest BCUT2D eigenvalue weighted by Gasteiger charge is -2.09. The van der Waals surface area contributed by atoms with E-state index in [0.29, 0.717) is 17.2 Å². The number of nitrogens with one attached hydrogen (secondary N) is 1. The molecule has 3 heterocycles. The molecular weight excluding hydrogens is 330 g/mol. The highest BCUT2D eigenvalue weighted by Crippen LogP contribution is 2.23. The normalized spacial score (nSPS) is 11.0. The van der Waals surface area contributed by atoms with Crippen LogP contribution in [0, 0.1) is 0 Å². The first-order chi connectivity index (χ1) is 12.6. The summed E-state index contributed by atoms with van der Waals surface area (Å²) >= 11 is 0. The van der Waals surface area contributed by atoms with Crippen LogP contribution in [-0.4, -0.2) is 19.5 Å². The second kappa shape index (κ2) is 6.44. The van der Waals surface area contributed by atoms with Crippen molar-refractivity contribution in [3.05, 3.63) is 64.9 Å². The number of aromatic nitrogens is 4. The van der Waals surface area contributed by atoms with Gasteiger partial charge >= 0.3 is 5.76 Å². The monoisotopic (exact) mass is 347 g/mol. The largest absolute Gasteiger partial charge is 0.419 e. The quantitative estimate of drug-likeness (QED) is 0.610. The number of fused-ring (bicyclic) bond motifs is 1. The topological polar surface area (TPSA) is 85.8 Å². The molecule has 130 valence electrons. The number of hydrogen-bond donors (Lipinski definition) is 1. The van der Waals surface area contributed by atoms with Gasteiger partial charge in [0.1, 0.15) is 11.5 Å². The van der Waals surface area contributed by atoms with Crippen molar-refractivity contribution >= 4 is 22.6 Å². The fourth-order valence-corrected chi connectivity index (χ4v) is 2.71. The molecule has 0 saturated heterocycles. The van der Waals surface area contributed by atoms with E-state index in [2.05, 4.69) is 20.3 Å². The van der Waals surface area contributed by atoms with Crippen molar-refractivity contribution in [2.24, 2.45) is 7.05 Å². The summed E-state index contributed by atoms with van der Waals surface area (Å²) in [5, 5.41) is 3.26. The van der Waals surface area contributed by atoms with E-state index in [1.807, 2.05) is 43.3 Å². The van der Waals surface area contributed by atoms with Gasteiger partial charge in [0.05, 0.1) is 5.52 Å². The number of anilines is 2. The fraction of sp³-hybridized carbons (Fsp3) is 0.158. The van der Waals surface area contributed by atoms with Crippen LogP contribution in [0.4, 0.5) is 11.5 Å². The molecule has 3 aromatic heterocycles. The zero-order valence-corrected chi connectivity index (χ0v) is 14.4. The van der Waals surface area contributed by atoms with Gasteiger partial charge in [0.25, 0.3) is 0 Å². The third kappa shape index (κ3) is 2.95. The molecule has 0 fully saturated rings. The Bertz CT molecular complexity index is 1130. The summed E-state index contributed by atoms with van der Waals surface area (Å²) < 4.78 is 6.71. The Morgan fingerprint density at radius 3 is 2.81 bits per heavy atom. The maximum atomic E-state index is 11.6. The lowest BCUT2D eigenvalue weighted by Crippen LogP contribution is -2.08.